The molecule has 1 fully saturated rings. The van der Waals surface area contributed by atoms with Crippen LogP contribution in [0.25, 0.3) is 0 Å². The molecule has 76 valence electrons. The van der Waals surface area contributed by atoms with Gasteiger partial charge in [-0.1, -0.05) is 23.5 Å². The molecule has 0 spiro atoms. The molecule has 1 saturated heterocycles. The third kappa shape index (κ3) is 3.64. The molecule has 0 aromatic carbocycles. The quantitative estimate of drug-likeness (QED) is 0.711. The molecule has 1 rings (SSSR count). The van der Waals surface area contributed by atoms with Crippen LogP contribution in [0, 0.1) is 0 Å². The minimum atomic E-state index is -3.20. The van der Waals surface area contributed by atoms with Gasteiger partial charge in [-0.15, -0.1) is 0 Å². The van der Waals surface area contributed by atoms with Gasteiger partial charge >= 0.3 is 7.75 Å². The Balaban J connectivity index is 2.65. The lowest BCUT2D eigenvalue weighted by atomic mass is 10.6. The maximum absolute atomic E-state index is 11.6. The van der Waals surface area contributed by atoms with Crippen molar-refractivity contribution < 1.29 is 13.6 Å². The Kier molecular flexibility index (Phi) is 4.83. The van der Waals surface area contributed by atoms with Crippen LogP contribution < -0.4 is 0 Å². The highest BCUT2D eigenvalue weighted by atomic mass is 32.2. The van der Waals surface area contributed by atoms with Gasteiger partial charge in [0, 0.05) is 25.7 Å². The van der Waals surface area contributed by atoms with E-state index in [2.05, 4.69) is 4.76 Å². The number of hydrogen-bond acceptors (Lipinski definition) is 5. The van der Waals surface area contributed by atoms with Crippen LogP contribution in [0.15, 0.2) is 4.76 Å². The fourth-order valence-electron chi connectivity index (χ4n) is 0.733. The molecule has 0 amide bonds. The number of thioether (sulfide) groups is 2. The lowest BCUT2D eigenvalue weighted by Gasteiger charge is -2.13. The average Bonchev–Trinajstić information content (AvgIpc) is 2.19. The van der Waals surface area contributed by atoms with Gasteiger partial charge in [0.05, 0.1) is 0 Å². The van der Waals surface area contributed by atoms with E-state index in [1.54, 1.807) is 23.5 Å². The van der Waals surface area contributed by atoms with E-state index in [1.165, 1.54) is 20.6 Å². The summed E-state index contributed by atoms with van der Waals surface area (Å²) >= 11 is 3.20. The molecule has 0 atom stereocenters. The van der Waals surface area contributed by atoms with Gasteiger partial charge in [-0.2, -0.15) is 4.76 Å². The maximum Gasteiger partial charge on any atom is 0.454 e. The number of rotatable bonds is 3. The van der Waals surface area contributed by atoms with Crippen LogP contribution in [-0.2, 0) is 13.6 Å². The molecule has 1 aliphatic rings. The number of nitrogens with zero attached hydrogens (tertiary/aromatic N) is 1. The van der Waals surface area contributed by atoms with Crippen molar-refractivity contribution in [1.82, 2.24) is 0 Å². The summed E-state index contributed by atoms with van der Waals surface area (Å²) in [6.45, 7) is 0. The Bertz CT molecular complexity index is 230. The van der Waals surface area contributed by atoms with Crippen molar-refractivity contribution in [3.63, 3.8) is 0 Å². The van der Waals surface area contributed by atoms with Crippen molar-refractivity contribution in [3.8, 4) is 0 Å². The van der Waals surface area contributed by atoms with Gasteiger partial charge in [-0.3, -0.25) is 9.05 Å². The Morgan fingerprint density at radius 2 is 1.85 bits per heavy atom. The topological polar surface area (TPSA) is 47.9 Å². The van der Waals surface area contributed by atoms with Crippen molar-refractivity contribution >= 4 is 35.6 Å². The molecule has 1 aliphatic heterocycles. The van der Waals surface area contributed by atoms with E-state index in [9.17, 15) is 4.57 Å². The molecule has 7 heteroatoms. The fraction of sp³-hybridized carbons (Fsp3) is 0.833. The molecule has 4 nitrogen and oxygen atoms in total. The van der Waals surface area contributed by atoms with Crippen LogP contribution in [0.3, 0.4) is 0 Å². The third-order valence-electron chi connectivity index (χ3n) is 1.41. The van der Waals surface area contributed by atoms with Crippen LogP contribution >= 0.6 is 31.3 Å². The van der Waals surface area contributed by atoms with Crippen LogP contribution in [-0.4, -0.2) is 30.1 Å². The molecule has 1 heterocycles. The van der Waals surface area contributed by atoms with Gasteiger partial charge < -0.3 is 0 Å². The van der Waals surface area contributed by atoms with E-state index in [-0.39, 0.29) is 0 Å². The molecule has 0 saturated carbocycles. The van der Waals surface area contributed by atoms with Crippen LogP contribution in [0.1, 0.15) is 6.42 Å². The van der Waals surface area contributed by atoms with Crippen molar-refractivity contribution in [1.29, 1.82) is 0 Å². The molecule has 0 aliphatic carbocycles. The highest BCUT2D eigenvalue weighted by molar-refractivity contribution is 8.39. The summed E-state index contributed by atoms with van der Waals surface area (Å²) in [4.78, 5) is 0. The van der Waals surface area contributed by atoms with Gasteiger partial charge in [0.1, 0.15) is 4.38 Å². The molecule has 13 heavy (non-hydrogen) atoms. The first kappa shape index (κ1) is 11.6. The summed E-state index contributed by atoms with van der Waals surface area (Å²) in [6, 6.07) is 0. The van der Waals surface area contributed by atoms with Crippen molar-refractivity contribution in [3.05, 3.63) is 0 Å². The zero-order valence-corrected chi connectivity index (χ0v) is 10.1. The van der Waals surface area contributed by atoms with E-state index in [0.29, 0.717) is 0 Å². The highest BCUT2D eigenvalue weighted by Crippen LogP contribution is 2.50. The lowest BCUT2D eigenvalue weighted by Crippen LogP contribution is -2.00. The Morgan fingerprint density at radius 3 is 2.31 bits per heavy atom. The second kappa shape index (κ2) is 5.41. The van der Waals surface area contributed by atoms with Gasteiger partial charge in [-0.05, 0) is 6.42 Å². The average molecular weight is 241 g/mol. The minimum absolute atomic E-state index is 0.804. The highest BCUT2D eigenvalue weighted by Gasteiger charge is 2.22. The van der Waals surface area contributed by atoms with Gasteiger partial charge in [0.2, 0.25) is 0 Å². The zero-order chi connectivity index (χ0) is 9.73. The monoisotopic (exact) mass is 241 g/mol. The van der Waals surface area contributed by atoms with Crippen LogP contribution in [0.4, 0.5) is 0 Å². The van der Waals surface area contributed by atoms with E-state index in [4.69, 9.17) is 9.05 Å². The first-order valence-corrected chi connectivity index (χ1v) is 7.24. The van der Waals surface area contributed by atoms with Crippen LogP contribution in [0.2, 0.25) is 0 Å². The molecule has 0 radical (unpaired) electrons. The van der Waals surface area contributed by atoms with E-state index >= 15 is 0 Å². The Hall–Kier alpha value is 0.520. The molecule has 0 aromatic rings. The van der Waals surface area contributed by atoms with E-state index in [1.807, 2.05) is 0 Å². The predicted molar refractivity (Wildman–Crippen MR) is 58.6 cm³/mol. The van der Waals surface area contributed by atoms with Gasteiger partial charge in [0.25, 0.3) is 0 Å². The smallest absolute Gasteiger partial charge is 0.294 e. The van der Waals surface area contributed by atoms with Crippen molar-refractivity contribution in [2.24, 2.45) is 4.76 Å². The van der Waals surface area contributed by atoms with Crippen molar-refractivity contribution in [2.75, 3.05) is 25.7 Å². The lowest BCUT2D eigenvalue weighted by molar-refractivity contribution is 0.277. The molecular weight excluding hydrogens is 229 g/mol. The molecule has 0 unspecified atom stereocenters. The first-order chi connectivity index (χ1) is 6.20. The molecule has 0 N–H and O–H groups in total. The predicted octanol–water partition coefficient (Wildman–Crippen LogP) is 2.61. The third-order valence-corrected chi connectivity index (χ3v) is 5.41. The van der Waals surface area contributed by atoms with Crippen molar-refractivity contribution in [2.45, 2.75) is 6.42 Å². The zero-order valence-electron chi connectivity index (χ0n) is 7.56. The summed E-state index contributed by atoms with van der Waals surface area (Å²) in [6.07, 6.45) is 1.17. The minimum Gasteiger partial charge on any atom is -0.294 e. The SMILES string of the molecule is COP(=O)(N=C1SCCCS1)OC. The fourth-order valence-corrected chi connectivity index (χ4v) is 4.25. The first-order valence-electron chi connectivity index (χ1n) is 3.77. The van der Waals surface area contributed by atoms with Crippen LogP contribution in [0.5, 0.6) is 0 Å². The second-order valence-electron chi connectivity index (χ2n) is 2.25. The second-order valence-corrected chi connectivity index (χ2v) is 6.54. The molecule has 0 aromatic heterocycles. The Labute approximate surface area is 86.4 Å². The van der Waals surface area contributed by atoms with Gasteiger partial charge in [0.15, 0.2) is 0 Å². The largest absolute Gasteiger partial charge is 0.454 e. The summed E-state index contributed by atoms with van der Waals surface area (Å²) in [5.74, 6) is 2.05. The van der Waals surface area contributed by atoms with E-state index < -0.39 is 7.75 Å². The summed E-state index contributed by atoms with van der Waals surface area (Å²) < 4.78 is 25.7. The standard InChI is InChI=1S/C6H12NO3PS2/c1-9-11(8,10-2)7-6-12-4-3-5-13-6/h3-5H2,1-2H3. The van der Waals surface area contributed by atoms with E-state index in [0.717, 1.165) is 15.9 Å². The summed E-state index contributed by atoms with van der Waals surface area (Å²) in [7, 11) is -0.524. The Morgan fingerprint density at radius 1 is 1.31 bits per heavy atom. The summed E-state index contributed by atoms with van der Waals surface area (Å²) in [5, 5.41) is 0. The molecular formula is C6H12NO3PS2. The number of hydrogen-bond donors (Lipinski definition) is 0. The van der Waals surface area contributed by atoms with Gasteiger partial charge in [-0.25, -0.2) is 4.57 Å². The normalized spacial score (nSPS) is 18.8. The summed E-state index contributed by atoms with van der Waals surface area (Å²) in [5.41, 5.74) is 0. The maximum atomic E-state index is 11.6. The molecule has 0 bridgehead atoms.